The molecule has 0 aliphatic rings. The van der Waals surface area contributed by atoms with E-state index in [1.54, 1.807) is 42.7 Å². The Morgan fingerprint density at radius 3 is 2.67 bits per heavy atom. The molecule has 0 saturated carbocycles. The predicted octanol–water partition coefficient (Wildman–Crippen LogP) is 3.28. The molecule has 0 aliphatic heterocycles. The summed E-state index contributed by atoms with van der Waals surface area (Å²) in [4.78, 5) is 29.6. The number of methoxy groups -OCH3 is 2. The van der Waals surface area contributed by atoms with Crippen molar-refractivity contribution in [2.45, 2.75) is 6.92 Å². The third-order valence-electron chi connectivity index (χ3n) is 4.60. The maximum absolute atomic E-state index is 12.8. The number of hydrogen-bond donors (Lipinski definition) is 0. The minimum atomic E-state index is -0.215. The van der Waals surface area contributed by atoms with Crippen molar-refractivity contribution in [2.24, 2.45) is 0 Å². The Morgan fingerprint density at radius 1 is 1.03 bits per heavy atom. The van der Waals surface area contributed by atoms with E-state index in [2.05, 4.69) is 19.9 Å². The molecule has 0 aliphatic carbocycles. The first-order chi connectivity index (χ1) is 14.6. The van der Waals surface area contributed by atoms with E-state index in [0.29, 0.717) is 17.3 Å². The molecule has 4 aromatic rings. The van der Waals surface area contributed by atoms with Gasteiger partial charge in [-0.1, -0.05) is 18.2 Å². The van der Waals surface area contributed by atoms with Crippen LogP contribution in [0, 0.1) is 6.92 Å². The van der Waals surface area contributed by atoms with Gasteiger partial charge in [0.25, 0.3) is 0 Å². The van der Waals surface area contributed by atoms with Gasteiger partial charge in [0.15, 0.2) is 0 Å². The zero-order chi connectivity index (χ0) is 21.1. The number of benzene rings is 1. The van der Waals surface area contributed by atoms with Crippen LogP contribution in [0.25, 0.3) is 16.8 Å². The first-order valence-corrected chi connectivity index (χ1v) is 9.17. The second-order valence-electron chi connectivity index (χ2n) is 6.49. The van der Waals surface area contributed by atoms with Crippen LogP contribution in [0.2, 0.25) is 0 Å². The number of ether oxygens (including phenoxy) is 2. The molecule has 8 nitrogen and oxygen atoms in total. The maximum Gasteiger partial charge on any atom is 0.319 e. The Hall–Kier alpha value is -4.07. The Morgan fingerprint density at radius 2 is 1.90 bits per heavy atom. The summed E-state index contributed by atoms with van der Waals surface area (Å²) in [5, 5.41) is 0. The number of aryl methyl sites for hydroxylation is 1. The number of hydrogen-bond acceptors (Lipinski definition) is 7. The molecule has 3 heterocycles. The van der Waals surface area contributed by atoms with Crippen molar-refractivity contribution in [2.75, 3.05) is 14.2 Å². The van der Waals surface area contributed by atoms with Crippen LogP contribution < -0.4 is 9.47 Å². The maximum atomic E-state index is 12.8. The zero-order valence-corrected chi connectivity index (χ0v) is 16.7. The standard InChI is InChI=1S/C22H19N5O3/c1-14-6-5-9-23-19(14)20(28)18-12-27(13-25-18)16-8-4-7-15(10-16)17-11-24-22(30-3)26-21(17)29-2/h4-13H,1-3H3. The van der Waals surface area contributed by atoms with E-state index >= 15 is 0 Å². The molecule has 1 aromatic carbocycles. The number of aromatic nitrogens is 5. The molecular formula is C22H19N5O3. The summed E-state index contributed by atoms with van der Waals surface area (Å²) in [5.41, 5.74) is 3.94. The van der Waals surface area contributed by atoms with Crippen LogP contribution in [0.15, 0.2) is 61.3 Å². The number of ketones is 1. The van der Waals surface area contributed by atoms with Gasteiger partial charge in [0.05, 0.1) is 19.8 Å². The van der Waals surface area contributed by atoms with E-state index in [9.17, 15) is 4.79 Å². The van der Waals surface area contributed by atoms with Crippen LogP contribution in [0.4, 0.5) is 0 Å². The molecule has 4 rings (SSSR count). The summed E-state index contributed by atoms with van der Waals surface area (Å²) in [6.07, 6.45) is 6.55. The Kier molecular flexibility index (Phi) is 5.21. The van der Waals surface area contributed by atoms with Crippen LogP contribution in [0.3, 0.4) is 0 Å². The van der Waals surface area contributed by atoms with Gasteiger partial charge in [-0.3, -0.25) is 9.78 Å². The minimum absolute atomic E-state index is 0.215. The summed E-state index contributed by atoms with van der Waals surface area (Å²) in [6.45, 7) is 1.85. The van der Waals surface area contributed by atoms with Gasteiger partial charge in [-0.15, -0.1) is 0 Å². The number of carbonyl (C=O) groups is 1. The molecule has 0 spiro atoms. The van der Waals surface area contributed by atoms with Gasteiger partial charge in [-0.2, -0.15) is 4.98 Å². The van der Waals surface area contributed by atoms with E-state index in [0.717, 1.165) is 22.4 Å². The second kappa shape index (κ2) is 8.12. The molecule has 0 unspecified atom stereocenters. The fourth-order valence-corrected chi connectivity index (χ4v) is 3.06. The van der Waals surface area contributed by atoms with Crippen molar-refractivity contribution in [3.63, 3.8) is 0 Å². The number of rotatable bonds is 6. The summed E-state index contributed by atoms with van der Waals surface area (Å²) in [6, 6.07) is 11.6. The molecule has 0 amide bonds. The summed E-state index contributed by atoms with van der Waals surface area (Å²) >= 11 is 0. The first-order valence-electron chi connectivity index (χ1n) is 9.17. The zero-order valence-electron chi connectivity index (χ0n) is 16.7. The van der Waals surface area contributed by atoms with E-state index in [4.69, 9.17) is 9.47 Å². The summed E-state index contributed by atoms with van der Waals surface area (Å²) < 4.78 is 12.2. The molecular weight excluding hydrogens is 382 g/mol. The van der Waals surface area contributed by atoms with Gasteiger partial charge < -0.3 is 14.0 Å². The molecule has 0 bridgehead atoms. The second-order valence-corrected chi connectivity index (χ2v) is 6.49. The molecule has 0 radical (unpaired) electrons. The number of carbonyl (C=O) groups excluding carboxylic acids is 1. The Labute approximate surface area is 173 Å². The van der Waals surface area contributed by atoms with Crippen LogP contribution in [-0.4, -0.2) is 44.5 Å². The van der Waals surface area contributed by atoms with Crippen molar-refractivity contribution in [1.82, 2.24) is 24.5 Å². The molecule has 0 atom stereocenters. The highest BCUT2D eigenvalue weighted by molar-refractivity contribution is 6.07. The van der Waals surface area contributed by atoms with E-state index in [1.165, 1.54) is 7.11 Å². The van der Waals surface area contributed by atoms with Crippen molar-refractivity contribution < 1.29 is 14.3 Å². The van der Waals surface area contributed by atoms with E-state index in [-0.39, 0.29) is 11.8 Å². The van der Waals surface area contributed by atoms with Gasteiger partial charge >= 0.3 is 6.01 Å². The SMILES string of the molecule is COc1ncc(-c2cccc(-n3cnc(C(=O)c4ncccc4C)c3)c2)c(OC)n1. The highest BCUT2D eigenvalue weighted by Gasteiger charge is 2.17. The largest absolute Gasteiger partial charge is 0.480 e. The quantitative estimate of drug-likeness (QED) is 0.458. The van der Waals surface area contributed by atoms with E-state index in [1.807, 2.05) is 37.3 Å². The van der Waals surface area contributed by atoms with Crippen molar-refractivity contribution in [3.05, 3.63) is 78.3 Å². The molecule has 8 heteroatoms. The molecule has 0 fully saturated rings. The smallest absolute Gasteiger partial charge is 0.319 e. The monoisotopic (exact) mass is 401 g/mol. The average Bonchev–Trinajstić information content (AvgIpc) is 3.29. The van der Waals surface area contributed by atoms with Crippen LogP contribution in [0.5, 0.6) is 11.9 Å². The van der Waals surface area contributed by atoms with Crippen LogP contribution in [0.1, 0.15) is 21.7 Å². The first kappa shape index (κ1) is 19.3. The van der Waals surface area contributed by atoms with Crippen molar-refractivity contribution in [1.29, 1.82) is 0 Å². The molecule has 30 heavy (non-hydrogen) atoms. The normalized spacial score (nSPS) is 10.6. The minimum Gasteiger partial charge on any atom is -0.480 e. The number of pyridine rings is 1. The highest BCUT2D eigenvalue weighted by Crippen LogP contribution is 2.30. The summed E-state index contributed by atoms with van der Waals surface area (Å²) in [5.74, 6) is 0.194. The van der Waals surface area contributed by atoms with Gasteiger partial charge in [-0.05, 0) is 36.2 Å². The highest BCUT2D eigenvalue weighted by atomic mass is 16.5. The predicted molar refractivity (Wildman–Crippen MR) is 110 cm³/mol. The summed E-state index contributed by atoms with van der Waals surface area (Å²) in [7, 11) is 3.04. The average molecular weight is 401 g/mol. The molecule has 0 N–H and O–H groups in total. The third-order valence-corrected chi connectivity index (χ3v) is 4.60. The topological polar surface area (TPSA) is 92.0 Å². The lowest BCUT2D eigenvalue weighted by Gasteiger charge is -2.10. The van der Waals surface area contributed by atoms with Gasteiger partial charge in [0.1, 0.15) is 17.7 Å². The lowest BCUT2D eigenvalue weighted by molar-refractivity contribution is 0.102. The number of imidazole rings is 1. The lowest BCUT2D eigenvalue weighted by atomic mass is 10.1. The third kappa shape index (κ3) is 3.62. The Balaban J connectivity index is 1.68. The van der Waals surface area contributed by atoms with Gasteiger partial charge in [0, 0.05) is 24.3 Å². The number of nitrogens with zero attached hydrogens (tertiary/aromatic N) is 5. The van der Waals surface area contributed by atoms with Crippen LogP contribution >= 0.6 is 0 Å². The fraction of sp³-hybridized carbons (Fsp3) is 0.136. The van der Waals surface area contributed by atoms with Crippen LogP contribution in [-0.2, 0) is 0 Å². The van der Waals surface area contributed by atoms with Gasteiger partial charge in [0.2, 0.25) is 11.7 Å². The van der Waals surface area contributed by atoms with Crippen molar-refractivity contribution in [3.8, 4) is 28.7 Å². The Bertz CT molecular complexity index is 1220. The fourth-order valence-electron chi connectivity index (χ4n) is 3.06. The molecule has 150 valence electrons. The van der Waals surface area contributed by atoms with Gasteiger partial charge in [-0.25, -0.2) is 9.97 Å². The van der Waals surface area contributed by atoms with Crippen molar-refractivity contribution >= 4 is 5.78 Å². The van der Waals surface area contributed by atoms with E-state index < -0.39 is 0 Å². The molecule has 0 saturated heterocycles. The molecule has 3 aromatic heterocycles. The lowest BCUT2D eigenvalue weighted by Crippen LogP contribution is -2.06.